The Bertz CT molecular complexity index is 590. The van der Waals surface area contributed by atoms with Crippen LogP contribution < -0.4 is 4.74 Å². The first-order valence-electron chi connectivity index (χ1n) is 5.14. The Hall–Kier alpha value is -1.54. The maximum Gasteiger partial charge on any atom is 0.170 e. The van der Waals surface area contributed by atoms with E-state index >= 15 is 0 Å². The van der Waals surface area contributed by atoms with E-state index in [1.807, 2.05) is 24.3 Å². The van der Waals surface area contributed by atoms with Crippen molar-refractivity contribution in [2.24, 2.45) is 0 Å². The average Bonchev–Trinajstić information content (AvgIpc) is 2.31. The second kappa shape index (κ2) is 3.49. The fraction of sp³-hybridized carbons (Fsp3) is 0.154. The van der Waals surface area contributed by atoms with Gasteiger partial charge >= 0.3 is 0 Å². The van der Waals surface area contributed by atoms with Crippen molar-refractivity contribution in [3.63, 3.8) is 0 Å². The van der Waals surface area contributed by atoms with Gasteiger partial charge in [-0.05, 0) is 6.07 Å². The minimum absolute atomic E-state index is 0.105. The molecule has 1 heterocycles. The summed E-state index contributed by atoms with van der Waals surface area (Å²) in [5.74, 6) is 0.783. The minimum atomic E-state index is 0.105. The van der Waals surface area contributed by atoms with Gasteiger partial charge in [0.1, 0.15) is 5.75 Å². The van der Waals surface area contributed by atoms with Crippen LogP contribution in [-0.4, -0.2) is 12.4 Å². The van der Waals surface area contributed by atoms with Gasteiger partial charge in [-0.2, -0.15) is 0 Å². The van der Waals surface area contributed by atoms with Crippen molar-refractivity contribution in [1.29, 1.82) is 0 Å². The van der Waals surface area contributed by atoms with E-state index in [-0.39, 0.29) is 5.78 Å². The molecule has 1 aliphatic rings. The summed E-state index contributed by atoms with van der Waals surface area (Å²) < 4.78 is 5.58. The topological polar surface area (TPSA) is 26.3 Å². The monoisotopic (exact) mass is 232 g/mol. The Kier molecular flexibility index (Phi) is 2.11. The Morgan fingerprint density at radius 2 is 1.94 bits per heavy atom. The zero-order valence-electron chi connectivity index (χ0n) is 8.50. The molecule has 16 heavy (non-hydrogen) atoms. The number of ether oxygens (including phenoxy) is 1. The summed E-state index contributed by atoms with van der Waals surface area (Å²) in [6.45, 7) is 0.456. The lowest BCUT2D eigenvalue weighted by Gasteiger charge is -2.18. The molecule has 3 heteroatoms. The number of ketones is 1. The molecule has 0 bridgehead atoms. The molecule has 2 aromatic carbocycles. The van der Waals surface area contributed by atoms with Crippen LogP contribution in [0.25, 0.3) is 10.8 Å². The van der Waals surface area contributed by atoms with E-state index in [4.69, 9.17) is 16.3 Å². The van der Waals surface area contributed by atoms with Crippen LogP contribution in [0.4, 0.5) is 0 Å². The van der Waals surface area contributed by atoms with Gasteiger partial charge in [-0.25, -0.2) is 0 Å². The molecule has 0 saturated carbocycles. The van der Waals surface area contributed by atoms with Gasteiger partial charge in [-0.1, -0.05) is 35.9 Å². The zero-order chi connectivity index (χ0) is 11.1. The zero-order valence-corrected chi connectivity index (χ0v) is 9.25. The standard InChI is InChI=1S/C13H9ClO2/c14-11-7-10-12(15)5-6-16-13(10)9-4-2-1-3-8(9)11/h1-4,7H,5-6H2. The van der Waals surface area contributed by atoms with Gasteiger partial charge in [-0.3, -0.25) is 4.79 Å². The summed E-state index contributed by atoms with van der Waals surface area (Å²) in [5, 5.41) is 2.45. The van der Waals surface area contributed by atoms with Crippen molar-refractivity contribution < 1.29 is 9.53 Å². The van der Waals surface area contributed by atoms with Gasteiger partial charge in [-0.15, -0.1) is 0 Å². The van der Waals surface area contributed by atoms with E-state index in [0.717, 1.165) is 10.8 Å². The van der Waals surface area contributed by atoms with Crippen LogP contribution >= 0.6 is 11.6 Å². The molecule has 2 nitrogen and oxygen atoms in total. The number of carbonyl (C=O) groups excluding carboxylic acids is 1. The van der Waals surface area contributed by atoms with Crippen LogP contribution in [-0.2, 0) is 0 Å². The summed E-state index contributed by atoms with van der Waals surface area (Å²) in [5.41, 5.74) is 0.606. The first-order valence-corrected chi connectivity index (χ1v) is 5.52. The molecular weight excluding hydrogens is 224 g/mol. The van der Waals surface area contributed by atoms with E-state index in [0.29, 0.717) is 29.4 Å². The third-order valence-corrected chi connectivity index (χ3v) is 3.13. The second-order valence-corrected chi connectivity index (χ2v) is 4.21. The third-order valence-electron chi connectivity index (χ3n) is 2.82. The lowest BCUT2D eigenvalue weighted by atomic mass is 9.99. The predicted molar refractivity (Wildman–Crippen MR) is 63.4 cm³/mol. The summed E-state index contributed by atoms with van der Waals surface area (Å²) in [7, 11) is 0. The number of hydrogen-bond acceptors (Lipinski definition) is 2. The minimum Gasteiger partial charge on any atom is -0.492 e. The molecule has 1 aliphatic heterocycles. The van der Waals surface area contributed by atoms with Crippen molar-refractivity contribution in [3.8, 4) is 5.75 Å². The Balaban J connectivity index is 2.43. The van der Waals surface area contributed by atoms with E-state index in [1.54, 1.807) is 6.07 Å². The molecule has 0 atom stereocenters. The van der Waals surface area contributed by atoms with Crippen molar-refractivity contribution in [1.82, 2.24) is 0 Å². The van der Waals surface area contributed by atoms with E-state index in [1.165, 1.54) is 0 Å². The van der Waals surface area contributed by atoms with Crippen LogP contribution in [0.2, 0.25) is 5.02 Å². The van der Waals surface area contributed by atoms with Crippen molar-refractivity contribution in [3.05, 3.63) is 40.9 Å². The molecular formula is C13H9ClO2. The molecule has 3 rings (SSSR count). The number of fused-ring (bicyclic) bond motifs is 3. The summed E-state index contributed by atoms with van der Waals surface area (Å²) in [4.78, 5) is 11.7. The van der Waals surface area contributed by atoms with Crippen LogP contribution in [0.15, 0.2) is 30.3 Å². The summed E-state index contributed by atoms with van der Waals surface area (Å²) >= 11 is 6.15. The molecule has 80 valence electrons. The lowest BCUT2D eigenvalue weighted by Crippen LogP contribution is -2.15. The Morgan fingerprint density at radius 1 is 1.19 bits per heavy atom. The molecule has 0 amide bonds. The largest absolute Gasteiger partial charge is 0.492 e. The highest BCUT2D eigenvalue weighted by Crippen LogP contribution is 2.37. The molecule has 2 aromatic rings. The molecule has 0 radical (unpaired) electrons. The highest BCUT2D eigenvalue weighted by atomic mass is 35.5. The highest BCUT2D eigenvalue weighted by molar-refractivity contribution is 6.36. The predicted octanol–water partition coefficient (Wildman–Crippen LogP) is 3.46. The smallest absolute Gasteiger partial charge is 0.170 e. The van der Waals surface area contributed by atoms with Gasteiger partial charge in [0.2, 0.25) is 0 Å². The number of Topliss-reactive ketones (excluding diaryl/α,β-unsaturated/α-hetero) is 1. The number of rotatable bonds is 0. The molecule has 0 spiro atoms. The van der Waals surface area contributed by atoms with E-state index < -0.39 is 0 Å². The maximum absolute atomic E-state index is 11.7. The average molecular weight is 233 g/mol. The second-order valence-electron chi connectivity index (χ2n) is 3.80. The van der Waals surface area contributed by atoms with Gasteiger partial charge in [0.15, 0.2) is 5.78 Å². The van der Waals surface area contributed by atoms with Gasteiger partial charge in [0.05, 0.1) is 12.2 Å². The third kappa shape index (κ3) is 1.30. The summed E-state index contributed by atoms with van der Waals surface area (Å²) in [6, 6.07) is 9.41. The van der Waals surface area contributed by atoms with Crippen molar-refractivity contribution >= 4 is 28.2 Å². The van der Waals surface area contributed by atoms with Crippen LogP contribution in [0.5, 0.6) is 5.75 Å². The first-order chi connectivity index (χ1) is 7.77. The fourth-order valence-electron chi connectivity index (χ4n) is 2.05. The lowest BCUT2D eigenvalue weighted by molar-refractivity contribution is 0.0935. The molecule has 0 saturated heterocycles. The highest BCUT2D eigenvalue weighted by Gasteiger charge is 2.21. The quantitative estimate of drug-likeness (QED) is 0.695. The molecule has 0 fully saturated rings. The van der Waals surface area contributed by atoms with Crippen molar-refractivity contribution in [2.75, 3.05) is 6.61 Å². The van der Waals surface area contributed by atoms with E-state index in [2.05, 4.69) is 0 Å². The van der Waals surface area contributed by atoms with Crippen LogP contribution in [0.3, 0.4) is 0 Å². The van der Waals surface area contributed by atoms with Gasteiger partial charge in [0, 0.05) is 22.2 Å². The Labute approximate surface area is 97.8 Å². The van der Waals surface area contributed by atoms with Gasteiger partial charge < -0.3 is 4.74 Å². The fourth-order valence-corrected chi connectivity index (χ4v) is 2.32. The Morgan fingerprint density at radius 3 is 2.75 bits per heavy atom. The SMILES string of the molecule is O=C1CCOc2c1cc(Cl)c1ccccc21. The number of carbonyl (C=O) groups is 1. The number of halogens is 1. The normalized spacial score (nSPS) is 14.7. The number of benzene rings is 2. The molecule has 0 aliphatic carbocycles. The first kappa shape index (κ1) is 9.67. The van der Waals surface area contributed by atoms with Crippen molar-refractivity contribution in [2.45, 2.75) is 6.42 Å². The van der Waals surface area contributed by atoms with Crippen LogP contribution in [0.1, 0.15) is 16.8 Å². The maximum atomic E-state index is 11.7. The summed E-state index contributed by atoms with van der Waals surface area (Å²) in [6.07, 6.45) is 0.432. The van der Waals surface area contributed by atoms with Crippen LogP contribution in [0, 0.1) is 0 Å². The molecule has 0 aromatic heterocycles. The molecule has 0 N–H and O–H groups in total. The van der Waals surface area contributed by atoms with E-state index in [9.17, 15) is 4.79 Å². The number of hydrogen-bond donors (Lipinski definition) is 0. The van der Waals surface area contributed by atoms with Gasteiger partial charge in [0.25, 0.3) is 0 Å². The molecule has 0 unspecified atom stereocenters.